The number of nitrogens with zero attached hydrogens (tertiary/aromatic N) is 1. The van der Waals surface area contributed by atoms with E-state index in [4.69, 9.17) is 4.52 Å². The van der Waals surface area contributed by atoms with Crippen molar-refractivity contribution in [3.63, 3.8) is 0 Å². The molecule has 0 aliphatic heterocycles. The van der Waals surface area contributed by atoms with Crippen LogP contribution >= 0.6 is 0 Å². The van der Waals surface area contributed by atoms with Crippen LogP contribution in [0.4, 0.5) is 0 Å². The van der Waals surface area contributed by atoms with Gasteiger partial charge in [0.05, 0.1) is 6.20 Å². The number of benzene rings is 1. The maximum atomic E-state index is 11.8. The van der Waals surface area contributed by atoms with E-state index in [1.54, 1.807) is 13.0 Å². The number of aromatic nitrogens is 1. The number of hydrogen-bond acceptors (Lipinski definition) is 4. The van der Waals surface area contributed by atoms with Crippen LogP contribution in [-0.4, -0.2) is 13.6 Å². The zero-order chi connectivity index (χ0) is 14.6. The van der Waals surface area contributed by atoms with Crippen molar-refractivity contribution in [1.29, 1.82) is 0 Å². The molecule has 1 N–H and O–H groups in total. The minimum Gasteiger partial charge on any atom is -0.361 e. The van der Waals surface area contributed by atoms with E-state index >= 15 is 0 Å². The Bertz CT molecular complexity index is 700. The molecule has 0 amide bonds. The third-order valence-corrected chi connectivity index (χ3v) is 3.87. The average molecular weight is 292 g/mol. The smallest absolute Gasteiger partial charge is 0.234 e. The summed E-state index contributed by atoms with van der Waals surface area (Å²) in [6.45, 7) is 3.88. The fourth-order valence-corrected chi connectivity index (χ4v) is 2.35. The quantitative estimate of drug-likeness (QED) is 0.918. The minimum atomic E-state index is -3.48. The SMILES string of the molecule is Cc1ccc(/C=C/S(=O)(=O)NCc2cnoc2C)cc1. The summed E-state index contributed by atoms with van der Waals surface area (Å²) in [5.74, 6) is 0.607. The van der Waals surface area contributed by atoms with Crippen LogP contribution in [0.3, 0.4) is 0 Å². The third-order valence-electron chi connectivity index (χ3n) is 2.83. The van der Waals surface area contributed by atoms with E-state index in [2.05, 4.69) is 9.88 Å². The summed E-state index contributed by atoms with van der Waals surface area (Å²) in [5.41, 5.74) is 2.69. The molecular formula is C14H16N2O3S. The van der Waals surface area contributed by atoms with E-state index in [0.717, 1.165) is 22.1 Å². The number of aryl methyl sites for hydroxylation is 2. The van der Waals surface area contributed by atoms with Gasteiger partial charge in [0.25, 0.3) is 0 Å². The molecule has 0 radical (unpaired) electrons. The standard InChI is InChI=1S/C14H16N2O3S/c1-11-3-5-13(6-4-11)7-8-20(17,18)16-10-14-9-15-19-12(14)2/h3-9,16H,10H2,1-2H3/b8-7+. The van der Waals surface area contributed by atoms with Crippen LogP contribution in [0.25, 0.3) is 6.08 Å². The fourth-order valence-electron chi connectivity index (χ4n) is 1.56. The first kappa shape index (κ1) is 14.5. The molecule has 20 heavy (non-hydrogen) atoms. The summed E-state index contributed by atoms with van der Waals surface area (Å²) in [4.78, 5) is 0. The maximum Gasteiger partial charge on any atom is 0.234 e. The fraction of sp³-hybridized carbons (Fsp3) is 0.214. The topological polar surface area (TPSA) is 72.2 Å². The molecule has 0 atom stereocenters. The number of rotatable bonds is 5. The Kier molecular flexibility index (Phi) is 4.36. The Morgan fingerprint density at radius 1 is 1.25 bits per heavy atom. The Morgan fingerprint density at radius 3 is 2.55 bits per heavy atom. The predicted molar refractivity (Wildman–Crippen MR) is 77.2 cm³/mol. The summed E-state index contributed by atoms with van der Waals surface area (Å²) >= 11 is 0. The van der Waals surface area contributed by atoms with Crippen molar-refractivity contribution < 1.29 is 12.9 Å². The van der Waals surface area contributed by atoms with Gasteiger partial charge in [-0.05, 0) is 25.5 Å². The van der Waals surface area contributed by atoms with Crippen molar-refractivity contribution in [3.8, 4) is 0 Å². The highest BCUT2D eigenvalue weighted by Gasteiger charge is 2.08. The lowest BCUT2D eigenvalue weighted by molar-refractivity contribution is 0.396. The second kappa shape index (κ2) is 6.02. The molecule has 1 aromatic carbocycles. The molecule has 0 fully saturated rings. The molecular weight excluding hydrogens is 276 g/mol. The molecule has 0 saturated carbocycles. The summed E-state index contributed by atoms with van der Waals surface area (Å²) in [5, 5.41) is 4.75. The molecule has 0 bridgehead atoms. The zero-order valence-electron chi connectivity index (χ0n) is 11.3. The van der Waals surface area contributed by atoms with Crippen LogP contribution < -0.4 is 4.72 Å². The molecule has 1 aromatic heterocycles. The second-order valence-electron chi connectivity index (χ2n) is 4.49. The van der Waals surface area contributed by atoms with Gasteiger partial charge in [0.15, 0.2) is 0 Å². The lowest BCUT2D eigenvalue weighted by Crippen LogP contribution is -2.20. The van der Waals surface area contributed by atoms with Gasteiger partial charge in [0.2, 0.25) is 10.0 Å². The molecule has 2 aromatic rings. The second-order valence-corrected chi connectivity index (χ2v) is 6.14. The van der Waals surface area contributed by atoms with Gasteiger partial charge < -0.3 is 4.52 Å². The van der Waals surface area contributed by atoms with Crippen LogP contribution in [0, 0.1) is 13.8 Å². The Hall–Kier alpha value is -1.92. The lowest BCUT2D eigenvalue weighted by Gasteiger charge is -2.01. The predicted octanol–water partition coefficient (Wildman–Crippen LogP) is 2.38. The third kappa shape index (κ3) is 4.04. The Labute approximate surface area is 118 Å². The number of nitrogens with one attached hydrogen (secondary N) is 1. The Morgan fingerprint density at radius 2 is 1.95 bits per heavy atom. The van der Waals surface area contributed by atoms with Crippen LogP contribution in [0.15, 0.2) is 40.4 Å². The first-order chi connectivity index (χ1) is 9.46. The van der Waals surface area contributed by atoms with Gasteiger partial charge in [-0.1, -0.05) is 35.0 Å². The molecule has 0 spiro atoms. The summed E-state index contributed by atoms with van der Waals surface area (Å²) in [6.07, 6.45) is 3.06. The van der Waals surface area contributed by atoms with E-state index < -0.39 is 10.0 Å². The summed E-state index contributed by atoms with van der Waals surface area (Å²) < 4.78 is 31.0. The largest absolute Gasteiger partial charge is 0.361 e. The number of hydrogen-bond donors (Lipinski definition) is 1. The van der Waals surface area contributed by atoms with E-state index in [9.17, 15) is 8.42 Å². The van der Waals surface area contributed by atoms with Crippen molar-refractivity contribution >= 4 is 16.1 Å². The van der Waals surface area contributed by atoms with Gasteiger partial charge >= 0.3 is 0 Å². The first-order valence-electron chi connectivity index (χ1n) is 6.11. The van der Waals surface area contributed by atoms with Crippen molar-refractivity contribution in [2.75, 3.05) is 0 Å². The Balaban J connectivity index is 2.00. The van der Waals surface area contributed by atoms with Gasteiger partial charge in [-0.15, -0.1) is 0 Å². The summed E-state index contributed by atoms with van der Waals surface area (Å²) in [6, 6.07) is 7.59. The molecule has 2 rings (SSSR count). The van der Waals surface area contributed by atoms with Gasteiger partial charge in [0, 0.05) is 17.5 Å². The van der Waals surface area contributed by atoms with Crippen LogP contribution in [0.1, 0.15) is 22.5 Å². The highest BCUT2D eigenvalue weighted by Crippen LogP contribution is 2.08. The lowest BCUT2D eigenvalue weighted by atomic mass is 10.2. The molecule has 6 heteroatoms. The molecule has 0 aliphatic carbocycles. The normalized spacial score (nSPS) is 12.1. The molecule has 0 aliphatic rings. The molecule has 1 heterocycles. The minimum absolute atomic E-state index is 0.163. The zero-order valence-corrected chi connectivity index (χ0v) is 12.1. The molecule has 0 saturated heterocycles. The van der Waals surface area contributed by atoms with E-state index in [1.807, 2.05) is 31.2 Å². The van der Waals surface area contributed by atoms with Crippen LogP contribution in [-0.2, 0) is 16.6 Å². The molecule has 0 unspecified atom stereocenters. The monoisotopic (exact) mass is 292 g/mol. The molecule has 5 nitrogen and oxygen atoms in total. The van der Waals surface area contributed by atoms with Gasteiger partial charge in [-0.3, -0.25) is 0 Å². The van der Waals surface area contributed by atoms with Gasteiger partial charge in [-0.25, -0.2) is 13.1 Å². The first-order valence-corrected chi connectivity index (χ1v) is 7.65. The van der Waals surface area contributed by atoms with E-state index in [1.165, 1.54) is 6.20 Å². The molecule has 106 valence electrons. The number of sulfonamides is 1. The summed E-state index contributed by atoms with van der Waals surface area (Å²) in [7, 11) is -3.48. The van der Waals surface area contributed by atoms with Crippen LogP contribution in [0.2, 0.25) is 0 Å². The highest BCUT2D eigenvalue weighted by molar-refractivity contribution is 7.92. The van der Waals surface area contributed by atoms with Gasteiger partial charge in [-0.2, -0.15) is 0 Å². The average Bonchev–Trinajstić information content (AvgIpc) is 2.82. The van der Waals surface area contributed by atoms with Crippen molar-refractivity contribution in [2.45, 2.75) is 20.4 Å². The highest BCUT2D eigenvalue weighted by atomic mass is 32.2. The van der Waals surface area contributed by atoms with E-state index in [-0.39, 0.29) is 6.54 Å². The van der Waals surface area contributed by atoms with Crippen molar-refractivity contribution in [1.82, 2.24) is 9.88 Å². The van der Waals surface area contributed by atoms with E-state index in [0.29, 0.717) is 5.76 Å². The van der Waals surface area contributed by atoms with Crippen molar-refractivity contribution in [2.24, 2.45) is 0 Å². The van der Waals surface area contributed by atoms with Gasteiger partial charge in [0.1, 0.15) is 5.76 Å². The van der Waals surface area contributed by atoms with Crippen LogP contribution in [0.5, 0.6) is 0 Å². The van der Waals surface area contributed by atoms with Crippen molar-refractivity contribution in [3.05, 3.63) is 58.3 Å². The maximum absolute atomic E-state index is 11.8.